The average Bonchev–Trinajstić information content (AvgIpc) is 2.82. The number of piperazine rings is 1. The molecule has 1 unspecified atom stereocenters. The van der Waals surface area contributed by atoms with Crippen LogP contribution in [0.2, 0.25) is 0 Å². The Hall–Kier alpha value is -1.67. The molecule has 1 aliphatic rings. The average molecular weight is 401 g/mol. The first-order chi connectivity index (χ1) is 11.6. The zero-order chi connectivity index (χ0) is 17.1. The van der Waals surface area contributed by atoms with E-state index in [9.17, 15) is 4.79 Å². The van der Waals surface area contributed by atoms with Gasteiger partial charge < -0.3 is 10.6 Å². The van der Waals surface area contributed by atoms with E-state index in [4.69, 9.17) is 0 Å². The molecule has 3 rings (SSSR count). The van der Waals surface area contributed by atoms with Crippen LogP contribution in [0.1, 0.15) is 23.0 Å². The molecular formula is C17H26Cl2N6O. The maximum Gasteiger partial charge on any atom is 0.238 e. The minimum Gasteiger partial charge on any atom is -0.322 e. The second-order valence-corrected chi connectivity index (χ2v) is 6.19. The van der Waals surface area contributed by atoms with Crippen molar-refractivity contribution >= 4 is 36.4 Å². The molecule has 1 saturated heterocycles. The van der Waals surface area contributed by atoms with Gasteiger partial charge in [-0.15, -0.1) is 24.8 Å². The highest BCUT2D eigenvalue weighted by Crippen LogP contribution is 2.22. The summed E-state index contributed by atoms with van der Waals surface area (Å²) in [4.78, 5) is 18.9. The van der Waals surface area contributed by atoms with E-state index in [2.05, 4.69) is 31.7 Å². The van der Waals surface area contributed by atoms with Crippen molar-refractivity contribution in [2.45, 2.75) is 19.9 Å². The largest absolute Gasteiger partial charge is 0.322 e. The molecule has 144 valence electrons. The summed E-state index contributed by atoms with van der Waals surface area (Å²) in [5, 5.41) is 10.8. The van der Waals surface area contributed by atoms with E-state index in [1.165, 1.54) is 0 Å². The highest BCUT2D eigenvalue weighted by atomic mass is 35.5. The van der Waals surface area contributed by atoms with Crippen molar-refractivity contribution in [2.75, 3.05) is 31.5 Å². The Labute approximate surface area is 166 Å². The van der Waals surface area contributed by atoms with Crippen LogP contribution in [0.5, 0.6) is 0 Å². The number of pyridine rings is 1. The molecule has 2 aromatic heterocycles. The fourth-order valence-electron chi connectivity index (χ4n) is 3.16. The van der Waals surface area contributed by atoms with Gasteiger partial charge in [0.15, 0.2) is 0 Å². The van der Waals surface area contributed by atoms with E-state index >= 15 is 0 Å². The summed E-state index contributed by atoms with van der Waals surface area (Å²) < 4.78 is 1.79. The smallest absolute Gasteiger partial charge is 0.238 e. The summed E-state index contributed by atoms with van der Waals surface area (Å²) in [6.07, 6.45) is 3.64. The Bertz CT molecular complexity index is 722. The monoisotopic (exact) mass is 400 g/mol. The van der Waals surface area contributed by atoms with E-state index < -0.39 is 0 Å². The van der Waals surface area contributed by atoms with Gasteiger partial charge in [-0.05, 0) is 25.5 Å². The molecule has 0 bridgehead atoms. The molecule has 1 atom stereocenters. The maximum atomic E-state index is 12.5. The van der Waals surface area contributed by atoms with Crippen LogP contribution in [-0.2, 0) is 11.8 Å². The van der Waals surface area contributed by atoms with Crippen molar-refractivity contribution in [3.8, 4) is 0 Å². The van der Waals surface area contributed by atoms with Gasteiger partial charge in [-0.3, -0.25) is 19.4 Å². The molecule has 7 nitrogen and oxygen atoms in total. The van der Waals surface area contributed by atoms with Crippen LogP contribution >= 0.6 is 24.8 Å². The summed E-state index contributed by atoms with van der Waals surface area (Å²) in [6, 6.07) is 4.16. The first kappa shape index (κ1) is 22.4. The number of aromatic nitrogens is 3. The molecule has 2 N–H and O–H groups in total. The maximum absolute atomic E-state index is 12.5. The van der Waals surface area contributed by atoms with Crippen molar-refractivity contribution in [2.24, 2.45) is 7.05 Å². The van der Waals surface area contributed by atoms with E-state index in [0.717, 1.165) is 42.3 Å². The van der Waals surface area contributed by atoms with Crippen molar-refractivity contribution in [3.63, 3.8) is 0 Å². The Morgan fingerprint density at radius 2 is 2.15 bits per heavy atom. The van der Waals surface area contributed by atoms with Gasteiger partial charge in [0, 0.05) is 45.1 Å². The molecule has 0 aliphatic carbocycles. The number of carbonyl (C=O) groups excluding carboxylic acids is 1. The number of halogens is 2. The molecule has 9 heteroatoms. The van der Waals surface area contributed by atoms with E-state index in [1.54, 1.807) is 10.9 Å². The molecule has 3 heterocycles. The van der Waals surface area contributed by atoms with Crippen molar-refractivity contribution in [1.82, 2.24) is 25.0 Å². The summed E-state index contributed by atoms with van der Waals surface area (Å²) in [5.74, 6) is -0.00927. The van der Waals surface area contributed by atoms with Crippen LogP contribution in [0.15, 0.2) is 24.5 Å². The fourth-order valence-corrected chi connectivity index (χ4v) is 3.16. The van der Waals surface area contributed by atoms with Gasteiger partial charge >= 0.3 is 0 Å². The predicted octanol–water partition coefficient (Wildman–Crippen LogP) is 1.86. The summed E-state index contributed by atoms with van der Waals surface area (Å²) in [7, 11) is 1.88. The topological polar surface area (TPSA) is 75.1 Å². The second kappa shape index (κ2) is 9.87. The number of hydrogen-bond donors (Lipinski definition) is 2. The van der Waals surface area contributed by atoms with Crippen LogP contribution < -0.4 is 10.6 Å². The molecule has 1 amide bonds. The number of rotatable bonds is 4. The minimum atomic E-state index is -0.00927. The number of amides is 1. The van der Waals surface area contributed by atoms with Gasteiger partial charge in [-0.1, -0.05) is 6.07 Å². The molecule has 1 aliphatic heterocycles. The molecule has 0 spiro atoms. The Balaban J connectivity index is 0.00000169. The molecule has 2 aromatic rings. The highest BCUT2D eigenvalue weighted by Gasteiger charge is 2.26. The zero-order valence-electron chi connectivity index (χ0n) is 15.2. The minimum absolute atomic E-state index is 0. The van der Waals surface area contributed by atoms with Crippen LogP contribution in [0.25, 0.3) is 0 Å². The fraction of sp³-hybridized carbons (Fsp3) is 0.471. The van der Waals surface area contributed by atoms with E-state index in [0.29, 0.717) is 6.54 Å². The number of nitrogens with zero attached hydrogens (tertiary/aromatic N) is 4. The molecule has 26 heavy (non-hydrogen) atoms. The summed E-state index contributed by atoms with van der Waals surface area (Å²) >= 11 is 0. The SMILES string of the molecule is Cc1nn(C)c(C)c1NC(=O)CN1CCNCC1c1cccnc1.Cl.Cl. The lowest BCUT2D eigenvalue weighted by atomic mass is 10.1. The third-order valence-corrected chi connectivity index (χ3v) is 4.54. The standard InChI is InChI=1S/C17H24N6O.2ClH/c1-12-17(13(2)22(3)21-12)20-16(24)11-23-8-7-19-10-15(23)14-5-4-6-18-9-14;;/h4-6,9,15,19H,7-8,10-11H2,1-3H3,(H,20,24);2*1H. The van der Waals surface area contributed by atoms with Gasteiger partial charge in [-0.2, -0.15) is 5.10 Å². The van der Waals surface area contributed by atoms with Gasteiger partial charge in [-0.25, -0.2) is 0 Å². The highest BCUT2D eigenvalue weighted by molar-refractivity contribution is 5.93. The first-order valence-electron chi connectivity index (χ1n) is 8.21. The first-order valence-corrected chi connectivity index (χ1v) is 8.21. The number of anilines is 1. The second-order valence-electron chi connectivity index (χ2n) is 6.19. The molecule has 1 fully saturated rings. The van der Waals surface area contributed by atoms with Crippen LogP contribution in [0.3, 0.4) is 0 Å². The van der Waals surface area contributed by atoms with Gasteiger partial charge in [0.25, 0.3) is 0 Å². The van der Waals surface area contributed by atoms with Gasteiger partial charge in [0.2, 0.25) is 5.91 Å². The third-order valence-electron chi connectivity index (χ3n) is 4.54. The lowest BCUT2D eigenvalue weighted by Crippen LogP contribution is -2.48. The zero-order valence-corrected chi connectivity index (χ0v) is 16.9. The Morgan fingerprint density at radius 1 is 1.38 bits per heavy atom. The third kappa shape index (κ3) is 4.94. The van der Waals surface area contributed by atoms with E-state index in [-0.39, 0.29) is 36.8 Å². The number of carbonyl (C=O) groups is 1. The number of aryl methyl sites for hydroxylation is 2. The van der Waals surface area contributed by atoms with Crippen LogP contribution in [-0.4, -0.2) is 51.8 Å². The Morgan fingerprint density at radius 3 is 2.77 bits per heavy atom. The molecule has 0 aromatic carbocycles. The molecular weight excluding hydrogens is 375 g/mol. The summed E-state index contributed by atoms with van der Waals surface area (Å²) in [6.45, 7) is 6.76. The van der Waals surface area contributed by atoms with E-state index in [1.807, 2.05) is 33.2 Å². The quantitative estimate of drug-likeness (QED) is 0.818. The predicted molar refractivity (Wildman–Crippen MR) is 107 cm³/mol. The van der Waals surface area contributed by atoms with Crippen LogP contribution in [0.4, 0.5) is 5.69 Å². The van der Waals surface area contributed by atoms with Gasteiger partial charge in [0.1, 0.15) is 0 Å². The van der Waals surface area contributed by atoms with Crippen molar-refractivity contribution < 1.29 is 4.79 Å². The normalized spacial score (nSPS) is 17.1. The van der Waals surface area contributed by atoms with Crippen molar-refractivity contribution in [3.05, 3.63) is 41.5 Å². The lowest BCUT2D eigenvalue weighted by Gasteiger charge is -2.35. The Kier molecular flexibility index (Phi) is 8.49. The lowest BCUT2D eigenvalue weighted by molar-refractivity contribution is -0.118. The summed E-state index contributed by atoms with van der Waals surface area (Å²) in [5.41, 5.74) is 3.75. The van der Waals surface area contributed by atoms with Gasteiger partial charge in [0.05, 0.1) is 23.6 Å². The molecule has 0 radical (unpaired) electrons. The number of hydrogen-bond acceptors (Lipinski definition) is 5. The number of nitrogens with one attached hydrogen (secondary N) is 2. The van der Waals surface area contributed by atoms with Crippen LogP contribution in [0, 0.1) is 13.8 Å². The molecule has 0 saturated carbocycles. The van der Waals surface area contributed by atoms with Crippen molar-refractivity contribution in [1.29, 1.82) is 0 Å².